The SMILES string of the molecule is O=C1NC(=O)/C(=C/c2ccc(-c3ccc4c(c3)COC4=O)s2)N1. The molecule has 0 unspecified atom stereocenters. The van der Waals surface area contributed by atoms with Gasteiger partial charge >= 0.3 is 12.0 Å². The zero-order chi connectivity index (χ0) is 16.0. The van der Waals surface area contributed by atoms with E-state index in [4.69, 9.17) is 4.74 Å². The van der Waals surface area contributed by atoms with Crippen LogP contribution in [0.5, 0.6) is 0 Å². The summed E-state index contributed by atoms with van der Waals surface area (Å²) in [5.74, 6) is -0.718. The molecule has 2 aliphatic rings. The molecule has 2 N–H and O–H groups in total. The third kappa shape index (κ3) is 2.40. The van der Waals surface area contributed by atoms with Gasteiger partial charge in [-0.15, -0.1) is 11.3 Å². The van der Waals surface area contributed by atoms with Gasteiger partial charge in [0, 0.05) is 15.3 Å². The molecule has 0 saturated carbocycles. The van der Waals surface area contributed by atoms with E-state index in [1.807, 2.05) is 24.3 Å². The highest BCUT2D eigenvalue weighted by molar-refractivity contribution is 7.16. The molecule has 1 fully saturated rings. The monoisotopic (exact) mass is 326 g/mol. The highest BCUT2D eigenvalue weighted by atomic mass is 32.1. The lowest BCUT2D eigenvalue weighted by Crippen LogP contribution is -2.22. The van der Waals surface area contributed by atoms with Crippen LogP contribution in [0, 0.1) is 0 Å². The number of ether oxygens (including phenoxy) is 1. The fourth-order valence-electron chi connectivity index (χ4n) is 2.50. The Bertz CT molecular complexity index is 897. The summed E-state index contributed by atoms with van der Waals surface area (Å²) in [5, 5.41) is 4.61. The molecule has 1 aromatic carbocycles. The van der Waals surface area contributed by atoms with Gasteiger partial charge in [-0.25, -0.2) is 9.59 Å². The third-order valence-corrected chi connectivity index (χ3v) is 4.68. The number of cyclic esters (lactones) is 1. The van der Waals surface area contributed by atoms with E-state index in [9.17, 15) is 14.4 Å². The first kappa shape index (κ1) is 13.7. The number of benzene rings is 1. The van der Waals surface area contributed by atoms with Crippen LogP contribution >= 0.6 is 11.3 Å². The maximum atomic E-state index is 11.5. The van der Waals surface area contributed by atoms with Crippen LogP contribution in [0.1, 0.15) is 20.8 Å². The molecule has 3 heterocycles. The average Bonchev–Trinajstić information content (AvgIpc) is 3.21. The van der Waals surface area contributed by atoms with Gasteiger partial charge in [0.25, 0.3) is 5.91 Å². The number of thiophene rings is 1. The molecule has 1 saturated heterocycles. The number of imide groups is 1. The summed E-state index contributed by atoms with van der Waals surface area (Å²) < 4.78 is 5.00. The Morgan fingerprint density at radius 1 is 1.09 bits per heavy atom. The lowest BCUT2D eigenvalue weighted by molar-refractivity contribution is -0.115. The summed E-state index contributed by atoms with van der Waals surface area (Å²) in [7, 11) is 0. The van der Waals surface area contributed by atoms with Gasteiger partial charge in [-0.3, -0.25) is 10.1 Å². The molecule has 0 aliphatic carbocycles. The van der Waals surface area contributed by atoms with Gasteiger partial charge < -0.3 is 10.1 Å². The molecule has 114 valence electrons. The van der Waals surface area contributed by atoms with Crippen LogP contribution in [0.2, 0.25) is 0 Å². The topological polar surface area (TPSA) is 84.5 Å². The van der Waals surface area contributed by atoms with E-state index >= 15 is 0 Å². The molecule has 0 radical (unpaired) electrons. The molecule has 0 bridgehead atoms. The summed E-state index contributed by atoms with van der Waals surface area (Å²) in [4.78, 5) is 35.9. The fraction of sp³-hybridized carbons (Fsp3) is 0.0625. The summed E-state index contributed by atoms with van der Waals surface area (Å²) in [6.45, 7) is 0.302. The molecular formula is C16H10N2O4S. The number of nitrogens with one attached hydrogen (secondary N) is 2. The fourth-order valence-corrected chi connectivity index (χ4v) is 3.44. The van der Waals surface area contributed by atoms with Crippen molar-refractivity contribution in [3.8, 4) is 10.4 Å². The van der Waals surface area contributed by atoms with Crippen molar-refractivity contribution in [2.24, 2.45) is 0 Å². The van der Waals surface area contributed by atoms with Gasteiger partial charge in [-0.05, 0) is 35.9 Å². The van der Waals surface area contributed by atoms with Crippen molar-refractivity contribution in [3.63, 3.8) is 0 Å². The standard InChI is InChI=1S/C16H10N2O4S/c19-14-12(17-16(21)18-14)6-10-2-4-13(23-10)8-1-3-11-9(5-8)7-22-15(11)20/h1-6H,7H2,(H2,17,18,19,21)/b12-6-. The molecular weight excluding hydrogens is 316 g/mol. The van der Waals surface area contributed by atoms with Crippen LogP contribution in [0.15, 0.2) is 36.0 Å². The van der Waals surface area contributed by atoms with Crippen LogP contribution in [0.3, 0.4) is 0 Å². The zero-order valence-corrected chi connectivity index (χ0v) is 12.5. The Hall–Kier alpha value is -2.93. The first-order chi connectivity index (χ1) is 11.1. The van der Waals surface area contributed by atoms with Gasteiger partial charge in [-0.1, -0.05) is 6.07 Å². The minimum Gasteiger partial charge on any atom is -0.457 e. The van der Waals surface area contributed by atoms with E-state index in [0.29, 0.717) is 12.2 Å². The number of rotatable bonds is 2. The minimum atomic E-state index is -0.513. The summed E-state index contributed by atoms with van der Waals surface area (Å²) in [6, 6.07) is 8.87. The Morgan fingerprint density at radius 3 is 2.74 bits per heavy atom. The predicted molar refractivity (Wildman–Crippen MR) is 83.5 cm³/mol. The van der Waals surface area contributed by atoms with Crippen molar-refractivity contribution in [1.82, 2.24) is 10.6 Å². The lowest BCUT2D eigenvalue weighted by Gasteiger charge is -1.99. The van der Waals surface area contributed by atoms with Crippen LogP contribution in [0.4, 0.5) is 4.79 Å². The number of hydrogen-bond acceptors (Lipinski definition) is 5. The van der Waals surface area contributed by atoms with Crippen LogP contribution in [-0.4, -0.2) is 17.9 Å². The van der Waals surface area contributed by atoms with Crippen molar-refractivity contribution < 1.29 is 19.1 Å². The number of esters is 1. The van der Waals surface area contributed by atoms with Crippen molar-refractivity contribution in [2.75, 3.05) is 0 Å². The number of amides is 3. The predicted octanol–water partition coefficient (Wildman–Crippen LogP) is 2.27. The van der Waals surface area contributed by atoms with E-state index in [2.05, 4.69) is 10.6 Å². The normalized spacial score (nSPS) is 17.9. The molecule has 23 heavy (non-hydrogen) atoms. The highest BCUT2D eigenvalue weighted by Crippen LogP contribution is 2.32. The number of urea groups is 1. The Labute approximate surface area is 134 Å². The molecule has 2 aromatic rings. The second kappa shape index (κ2) is 5.06. The second-order valence-electron chi connectivity index (χ2n) is 5.12. The third-order valence-electron chi connectivity index (χ3n) is 3.60. The van der Waals surface area contributed by atoms with E-state index in [1.165, 1.54) is 11.3 Å². The molecule has 1 aromatic heterocycles. The molecule has 6 nitrogen and oxygen atoms in total. The van der Waals surface area contributed by atoms with Gasteiger partial charge in [0.1, 0.15) is 12.3 Å². The van der Waals surface area contributed by atoms with E-state index < -0.39 is 11.9 Å². The first-order valence-corrected chi connectivity index (χ1v) is 7.66. The highest BCUT2D eigenvalue weighted by Gasteiger charge is 2.23. The zero-order valence-electron chi connectivity index (χ0n) is 11.7. The summed E-state index contributed by atoms with van der Waals surface area (Å²) in [5.41, 5.74) is 2.70. The molecule has 3 amide bonds. The number of carbonyl (C=O) groups excluding carboxylic acids is 3. The number of fused-ring (bicyclic) bond motifs is 1. The number of carbonyl (C=O) groups is 3. The minimum absolute atomic E-state index is 0.233. The average molecular weight is 326 g/mol. The van der Waals surface area contributed by atoms with Gasteiger partial charge in [-0.2, -0.15) is 0 Å². The van der Waals surface area contributed by atoms with Gasteiger partial charge in [0.05, 0.1) is 5.56 Å². The van der Waals surface area contributed by atoms with Gasteiger partial charge in [0.15, 0.2) is 0 Å². The summed E-state index contributed by atoms with van der Waals surface area (Å²) in [6.07, 6.45) is 1.63. The largest absolute Gasteiger partial charge is 0.457 e. The van der Waals surface area contributed by atoms with Crippen LogP contribution in [-0.2, 0) is 16.1 Å². The second-order valence-corrected chi connectivity index (χ2v) is 6.23. The molecule has 2 aliphatic heterocycles. The number of hydrogen-bond donors (Lipinski definition) is 2. The Kier molecular flexibility index (Phi) is 3.02. The molecule has 0 atom stereocenters. The smallest absolute Gasteiger partial charge is 0.338 e. The van der Waals surface area contributed by atoms with Crippen LogP contribution < -0.4 is 10.6 Å². The molecule has 4 rings (SSSR count). The van der Waals surface area contributed by atoms with Crippen LogP contribution in [0.25, 0.3) is 16.5 Å². The lowest BCUT2D eigenvalue weighted by atomic mass is 10.1. The molecule has 7 heteroatoms. The van der Waals surface area contributed by atoms with E-state index in [0.717, 1.165) is 20.9 Å². The van der Waals surface area contributed by atoms with Crippen molar-refractivity contribution in [2.45, 2.75) is 6.61 Å². The van der Waals surface area contributed by atoms with Crippen molar-refractivity contribution in [3.05, 3.63) is 52.0 Å². The van der Waals surface area contributed by atoms with E-state index in [1.54, 1.807) is 12.1 Å². The quantitative estimate of drug-likeness (QED) is 0.504. The molecule has 0 spiro atoms. The maximum Gasteiger partial charge on any atom is 0.338 e. The summed E-state index contributed by atoms with van der Waals surface area (Å²) >= 11 is 1.49. The van der Waals surface area contributed by atoms with Crippen molar-refractivity contribution >= 4 is 35.3 Å². The first-order valence-electron chi connectivity index (χ1n) is 6.84. The van der Waals surface area contributed by atoms with E-state index in [-0.39, 0.29) is 11.7 Å². The Balaban J connectivity index is 1.64. The van der Waals surface area contributed by atoms with Gasteiger partial charge in [0.2, 0.25) is 0 Å². The van der Waals surface area contributed by atoms with Crippen molar-refractivity contribution in [1.29, 1.82) is 0 Å². The maximum absolute atomic E-state index is 11.5. The Morgan fingerprint density at radius 2 is 1.96 bits per heavy atom.